The Morgan fingerprint density at radius 1 is 1.26 bits per heavy atom. The highest BCUT2D eigenvalue weighted by Crippen LogP contribution is 2.37. The molecule has 5 heteroatoms. The molecule has 1 unspecified atom stereocenters. The lowest BCUT2D eigenvalue weighted by Crippen LogP contribution is -2.35. The van der Waals surface area contributed by atoms with Crippen molar-refractivity contribution in [2.75, 3.05) is 34.9 Å². The average molecular weight is 287 g/mol. The molecule has 0 aliphatic rings. The quantitative estimate of drug-likeness (QED) is 0.835. The van der Waals surface area contributed by atoms with Crippen LogP contribution in [0.5, 0.6) is 11.5 Å². The van der Waals surface area contributed by atoms with E-state index in [1.54, 1.807) is 14.2 Å². The van der Waals surface area contributed by atoms with Crippen molar-refractivity contribution in [2.45, 2.75) is 19.5 Å². The van der Waals surface area contributed by atoms with Gasteiger partial charge in [-0.2, -0.15) is 0 Å². The third-order valence-corrected chi connectivity index (χ3v) is 3.62. The Labute approximate surface area is 120 Å². The van der Waals surface area contributed by atoms with Gasteiger partial charge in [0.05, 0.1) is 19.2 Å². The summed E-state index contributed by atoms with van der Waals surface area (Å²) in [7, 11) is 7.32. The number of hydrogen-bond donors (Lipinski definition) is 1. The van der Waals surface area contributed by atoms with Gasteiger partial charge in [0.1, 0.15) is 0 Å². The molecule has 1 atom stereocenters. The number of nitrogens with one attached hydrogen (secondary N) is 1. The molecule has 0 saturated carbocycles. The van der Waals surface area contributed by atoms with Crippen LogP contribution in [0.25, 0.3) is 0 Å². The first-order valence-corrected chi connectivity index (χ1v) is 6.65. The third kappa shape index (κ3) is 4.27. The smallest absolute Gasteiger partial charge is 0.179 e. The lowest BCUT2D eigenvalue weighted by atomic mass is 10.2. The standard InChI is InChI=1S/C14H23ClN2O2/c1-10(17(2)3)8-16-9-11-6-7-12(18-4)14(19-5)13(11)15/h6-7,10,16H,8-9H2,1-5H3. The lowest BCUT2D eigenvalue weighted by molar-refractivity contribution is 0.302. The van der Waals surface area contributed by atoms with Crippen LogP contribution in [0.1, 0.15) is 12.5 Å². The molecule has 0 heterocycles. The van der Waals surface area contributed by atoms with Gasteiger partial charge in [-0.05, 0) is 32.6 Å². The summed E-state index contributed by atoms with van der Waals surface area (Å²) in [4.78, 5) is 2.17. The minimum atomic E-state index is 0.471. The van der Waals surface area contributed by atoms with Crippen LogP contribution in [0.15, 0.2) is 12.1 Å². The zero-order valence-electron chi connectivity index (χ0n) is 12.3. The van der Waals surface area contributed by atoms with E-state index in [4.69, 9.17) is 21.1 Å². The van der Waals surface area contributed by atoms with Crippen LogP contribution in [0.3, 0.4) is 0 Å². The van der Waals surface area contributed by atoms with Crippen molar-refractivity contribution >= 4 is 11.6 Å². The summed E-state index contributed by atoms with van der Waals surface area (Å²) in [5.41, 5.74) is 1.00. The summed E-state index contributed by atoms with van der Waals surface area (Å²) in [6.07, 6.45) is 0. The van der Waals surface area contributed by atoms with Crippen LogP contribution >= 0.6 is 11.6 Å². The predicted molar refractivity (Wildman–Crippen MR) is 79.4 cm³/mol. The minimum absolute atomic E-state index is 0.471. The Morgan fingerprint density at radius 2 is 1.95 bits per heavy atom. The summed E-state index contributed by atoms with van der Waals surface area (Å²) < 4.78 is 10.5. The number of benzene rings is 1. The lowest BCUT2D eigenvalue weighted by Gasteiger charge is -2.20. The van der Waals surface area contributed by atoms with E-state index in [1.165, 1.54) is 0 Å². The van der Waals surface area contributed by atoms with Gasteiger partial charge >= 0.3 is 0 Å². The fourth-order valence-corrected chi connectivity index (χ4v) is 1.96. The third-order valence-electron chi connectivity index (χ3n) is 3.20. The normalized spacial score (nSPS) is 12.6. The van der Waals surface area contributed by atoms with Gasteiger partial charge in [-0.1, -0.05) is 17.7 Å². The molecule has 1 rings (SSSR count). The number of hydrogen-bond acceptors (Lipinski definition) is 4. The number of likely N-dealkylation sites (N-methyl/N-ethyl adjacent to an activating group) is 1. The van der Waals surface area contributed by atoms with Gasteiger partial charge in [0, 0.05) is 19.1 Å². The van der Waals surface area contributed by atoms with Gasteiger partial charge in [-0.15, -0.1) is 0 Å². The van der Waals surface area contributed by atoms with Crippen LogP contribution in [-0.2, 0) is 6.54 Å². The average Bonchev–Trinajstić information content (AvgIpc) is 2.39. The highest BCUT2D eigenvalue weighted by Gasteiger charge is 2.13. The number of rotatable bonds is 7. The molecular formula is C14H23ClN2O2. The Kier molecular flexibility index (Phi) is 6.42. The van der Waals surface area contributed by atoms with E-state index in [0.717, 1.165) is 12.1 Å². The van der Waals surface area contributed by atoms with Crippen LogP contribution < -0.4 is 14.8 Å². The molecule has 0 radical (unpaired) electrons. The fourth-order valence-electron chi connectivity index (χ4n) is 1.66. The SMILES string of the molecule is COc1ccc(CNCC(C)N(C)C)c(Cl)c1OC. The molecule has 1 aromatic rings. The molecule has 1 N–H and O–H groups in total. The molecule has 0 amide bonds. The second kappa shape index (κ2) is 7.58. The second-order valence-corrected chi connectivity index (χ2v) is 5.10. The molecule has 0 aliphatic carbocycles. The van der Waals surface area contributed by atoms with Crippen LogP contribution in [-0.4, -0.2) is 45.8 Å². The molecule has 0 aliphatic heterocycles. The van der Waals surface area contributed by atoms with Gasteiger partial charge in [0.25, 0.3) is 0 Å². The fraction of sp³-hybridized carbons (Fsp3) is 0.571. The van der Waals surface area contributed by atoms with Gasteiger partial charge in [-0.25, -0.2) is 0 Å². The molecule has 0 aromatic heterocycles. The molecule has 19 heavy (non-hydrogen) atoms. The molecule has 0 fully saturated rings. The number of nitrogens with zero attached hydrogens (tertiary/aromatic N) is 1. The molecule has 108 valence electrons. The first kappa shape index (κ1) is 16.1. The molecule has 0 spiro atoms. The van der Waals surface area contributed by atoms with Gasteiger partial charge in [0.15, 0.2) is 11.5 Å². The summed E-state index contributed by atoms with van der Waals surface area (Å²) in [6.45, 7) is 3.78. The van der Waals surface area contributed by atoms with Crippen LogP contribution in [0, 0.1) is 0 Å². The highest BCUT2D eigenvalue weighted by atomic mass is 35.5. The van der Waals surface area contributed by atoms with Crippen molar-refractivity contribution in [3.05, 3.63) is 22.7 Å². The summed E-state index contributed by atoms with van der Waals surface area (Å²) in [5.74, 6) is 1.24. The van der Waals surface area contributed by atoms with Gasteiger partial charge in [-0.3, -0.25) is 0 Å². The maximum atomic E-state index is 6.32. The Balaban J connectivity index is 2.69. The van der Waals surface area contributed by atoms with Crippen molar-refractivity contribution in [3.8, 4) is 11.5 Å². The predicted octanol–water partition coefficient (Wildman–Crippen LogP) is 2.40. The van der Waals surface area contributed by atoms with E-state index in [9.17, 15) is 0 Å². The van der Waals surface area contributed by atoms with E-state index >= 15 is 0 Å². The van der Waals surface area contributed by atoms with Gasteiger partial charge in [0.2, 0.25) is 0 Å². The summed E-state index contributed by atoms with van der Waals surface area (Å²) in [5, 5.41) is 3.99. The molecule has 0 saturated heterocycles. The monoisotopic (exact) mass is 286 g/mol. The van der Waals surface area contributed by atoms with E-state index in [1.807, 2.05) is 12.1 Å². The zero-order valence-corrected chi connectivity index (χ0v) is 13.0. The second-order valence-electron chi connectivity index (χ2n) is 4.72. The molecule has 0 bridgehead atoms. The minimum Gasteiger partial charge on any atom is -0.493 e. The van der Waals surface area contributed by atoms with Crippen LogP contribution in [0.2, 0.25) is 5.02 Å². The summed E-state index contributed by atoms with van der Waals surface area (Å²) >= 11 is 6.32. The van der Waals surface area contributed by atoms with E-state index in [0.29, 0.717) is 29.1 Å². The van der Waals surface area contributed by atoms with Crippen molar-refractivity contribution < 1.29 is 9.47 Å². The summed E-state index contributed by atoms with van der Waals surface area (Å²) in [6, 6.07) is 4.30. The maximum absolute atomic E-state index is 6.32. The largest absolute Gasteiger partial charge is 0.493 e. The number of halogens is 1. The van der Waals surface area contributed by atoms with Crippen molar-refractivity contribution in [1.82, 2.24) is 10.2 Å². The Morgan fingerprint density at radius 3 is 2.47 bits per heavy atom. The van der Waals surface area contributed by atoms with Gasteiger partial charge < -0.3 is 19.7 Å². The first-order chi connectivity index (χ1) is 9.01. The van der Waals surface area contributed by atoms with E-state index in [-0.39, 0.29) is 0 Å². The molecule has 4 nitrogen and oxygen atoms in total. The van der Waals surface area contributed by atoms with E-state index in [2.05, 4.69) is 31.2 Å². The number of ether oxygens (including phenoxy) is 2. The highest BCUT2D eigenvalue weighted by molar-refractivity contribution is 6.33. The first-order valence-electron chi connectivity index (χ1n) is 6.27. The number of methoxy groups -OCH3 is 2. The molecule has 1 aromatic carbocycles. The van der Waals surface area contributed by atoms with Crippen molar-refractivity contribution in [1.29, 1.82) is 0 Å². The van der Waals surface area contributed by atoms with Crippen LogP contribution in [0.4, 0.5) is 0 Å². The van der Waals surface area contributed by atoms with E-state index < -0.39 is 0 Å². The van der Waals surface area contributed by atoms with Crippen molar-refractivity contribution in [2.24, 2.45) is 0 Å². The molecular weight excluding hydrogens is 264 g/mol. The zero-order chi connectivity index (χ0) is 14.4. The Hall–Kier alpha value is -0.970. The van der Waals surface area contributed by atoms with Crippen molar-refractivity contribution in [3.63, 3.8) is 0 Å². The topological polar surface area (TPSA) is 33.7 Å². The Bertz CT molecular complexity index is 411. The maximum Gasteiger partial charge on any atom is 0.179 e.